The Balaban J connectivity index is 3.31. The highest BCUT2D eigenvalue weighted by Crippen LogP contribution is 2.39. The van der Waals surface area contributed by atoms with Crippen molar-refractivity contribution in [1.29, 1.82) is 0 Å². The van der Waals surface area contributed by atoms with E-state index in [9.17, 15) is 22.4 Å². The molecule has 0 atom stereocenters. The molecule has 0 saturated carbocycles. The van der Waals surface area contributed by atoms with E-state index < -0.39 is 17.9 Å². The molecule has 1 aromatic rings. The van der Waals surface area contributed by atoms with E-state index in [0.29, 0.717) is 0 Å². The number of halogens is 4. The molecule has 0 aliphatic rings. The SMILES string of the molecule is Cc1cc(C)n(C(F)(F)C(F)(F)C(=O)O)n1. The van der Waals surface area contributed by atoms with E-state index in [-0.39, 0.29) is 16.1 Å². The van der Waals surface area contributed by atoms with Gasteiger partial charge in [-0.25, -0.2) is 9.48 Å². The molecule has 0 aliphatic heterocycles. The van der Waals surface area contributed by atoms with Crippen LogP contribution in [0.2, 0.25) is 0 Å². The maximum atomic E-state index is 13.2. The number of hydrogen-bond acceptors (Lipinski definition) is 2. The summed E-state index contributed by atoms with van der Waals surface area (Å²) in [6.45, 7) is 2.46. The summed E-state index contributed by atoms with van der Waals surface area (Å²) in [4.78, 5) is 10.1. The Morgan fingerprint density at radius 2 is 1.88 bits per heavy atom. The second-order valence-corrected chi connectivity index (χ2v) is 3.26. The second-order valence-electron chi connectivity index (χ2n) is 3.26. The van der Waals surface area contributed by atoms with E-state index >= 15 is 0 Å². The van der Waals surface area contributed by atoms with Crippen LogP contribution in [0.5, 0.6) is 0 Å². The highest BCUT2D eigenvalue weighted by Gasteiger charge is 2.65. The van der Waals surface area contributed by atoms with Gasteiger partial charge in [0.1, 0.15) is 0 Å². The molecule has 16 heavy (non-hydrogen) atoms. The third-order valence-electron chi connectivity index (χ3n) is 1.92. The number of alkyl halides is 4. The summed E-state index contributed by atoms with van der Waals surface area (Å²) in [7, 11) is 0. The fourth-order valence-corrected chi connectivity index (χ4v) is 1.17. The maximum absolute atomic E-state index is 13.2. The number of carboxylic acid groups (broad SMARTS) is 1. The van der Waals surface area contributed by atoms with Gasteiger partial charge >= 0.3 is 17.9 Å². The molecular formula is C8H8F4N2O2. The Morgan fingerprint density at radius 3 is 2.19 bits per heavy atom. The van der Waals surface area contributed by atoms with Gasteiger partial charge in [0.15, 0.2) is 0 Å². The van der Waals surface area contributed by atoms with Gasteiger partial charge in [0.25, 0.3) is 0 Å². The Bertz CT molecular complexity index is 428. The van der Waals surface area contributed by atoms with Crippen molar-refractivity contribution in [1.82, 2.24) is 9.78 Å². The fraction of sp³-hybridized carbons (Fsp3) is 0.500. The molecule has 0 saturated heterocycles. The van der Waals surface area contributed by atoms with E-state index in [2.05, 4.69) is 5.10 Å². The first-order valence-electron chi connectivity index (χ1n) is 4.13. The number of nitrogens with zero attached hydrogens (tertiary/aromatic N) is 2. The molecule has 1 rings (SSSR count). The van der Waals surface area contributed by atoms with E-state index in [1.54, 1.807) is 0 Å². The van der Waals surface area contributed by atoms with Crippen molar-refractivity contribution in [2.45, 2.75) is 25.8 Å². The first-order chi connectivity index (χ1) is 7.10. The number of aryl methyl sites for hydroxylation is 2. The van der Waals surface area contributed by atoms with E-state index in [1.807, 2.05) is 0 Å². The van der Waals surface area contributed by atoms with Gasteiger partial charge < -0.3 is 5.11 Å². The van der Waals surface area contributed by atoms with Crippen molar-refractivity contribution in [3.05, 3.63) is 17.5 Å². The van der Waals surface area contributed by atoms with Gasteiger partial charge in [0.05, 0.1) is 5.69 Å². The Hall–Kier alpha value is -1.60. The van der Waals surface area contributed by atoms with E-state index in [4.69, 9.17) is 5.11 Å². The molecule has 0 spiro atoms. The lowest BCUT2D eigenvalue weighted by molar-refractivity contribution is -0.265. The van der Waals surface area contributed by atoms with Crippen LogP contribution in [0.25, 0.3) is 0 Å². The lowest BCUT2D eigenvalue weighted by atomic mass is 10.3. The van der Waals surface area contributed by atoms with Crippen molar-refractivity contribution in [2.24, 2.45) is 0 Å². The molecule has 1 N–H and O–H groups in total. The number of aliphatic carboxylic acids is 1. The van der Waals surface area contributed by atoms with Crippen LogP contribution in [0, 0.1) is 13.8 Å². The Morgan fingerprint density at radius 1 is 1.38 bits per heavy atom. The fourth-order valence-electron chi connectivity index (χ4n) is 1.17. The van der Waals surface area contributed by atoms with Gasteiger partial charge in [-0.15, -0.1) is 0 Å². The molecule has 0 unspecified atom stereocenters. The highest BCUT2D eigenvalue weighted by atomic mass is 19.3. The quantitative estimate of drug-likeness (QED) is 0.819. The van der Waals surface area contributed by atoms with Crippen LogP contribution in [0.1, 0.15) is 11.4 Å². The molecule has 0 radical (unpaired) electrons. The lowest BCUT2D eigenvalue weighted by Gasteiger charge is -2.23. The molecule has 1 heterocycles. The van der Waals surface area contributed by atoms with E-state index in [1.165, 1.54) is 6.92 Å². The summed E-state index contributed by atoms with van der Waals surface area (Å²) < 4.78 is 51.8. The molecule has 90 valence electrons. The minimum Gasteiger partial charge on any atom is -0.477 e. The molecule has 0 aromatic carbocycles. The number of carboxylic acids is 1. The zero-order valence-electron chi connectivity index (χ0n) is 8.34. The predicted molar refractivity (Wildman–Crippen MR) is 44.5 cm³/mol. The molecule has 0 bridgehead atoms. The monoisotopic (exact) mass is 240 g/mol. The molecule has 0 fully saturated rings. The summed E-state index contributed by atoms with van der Waals surface area (Å²) in [5.74, 6) is -8.11. The number of hydrogen-bond donors (Lipinski definition) is 1. The molecule has 0 aliphatic carbocycles. The summed E-state index contributed by atoms with van der Waals surface area (Å²) >= 11 is 0. The van der Waals surface area contributed by atoms with Crippen molar-refractivity contribution >= 4 is 5.97 Å². The van der Waals surface area contributed by atoms with Gasteiger partial charge in [-0.2, -0.15) is 22.7 Å². The van der Waals surface area contributed by atoms with Gasteiger partial charge in [-0.1, -0.05) is 0 Å². The topological polar surface area (TPSA) is 55.1 Å². The molecular weight excluding hydrogens is 232 g/mol. The van der Waals surface area contributed by atoms with Gasteiger partial charge in [-0.3, -0.25) is 0 Å². The summed E-state index contributed by atoms with van der Waals surface area (Å²) in [6, 6.07) is -3.76. The molecule has 4 nitrogen and oxygen atoms in total. The first kappa shape index (κ1) is 12.5. The van der Waals surface area contributed by atoms with Crippen LogP contribution in [0.4, 0.5) is 17.6 Å². The van der Waals surface area contributed by atoms with Crippen molar-refractivity contribution < 1.29 is 27.5 Å². The number of carbonyl (C=O) groups is 1. The minimum absolute atomic E-state index is 0.0957. The van der Waals surface area contributed by atoms with Gasteiger partial charge in [-0.05, 0) is 19.9 Å². The molecule has 0 amide bonds. The van der Waals surface area contributed by atoms with Crippen LogP contribution in [0.3, 0.4) is 0 Å². The van der Waals surface area contributed by atoms with Crippen LogP contribution >= 0.6 is 0 Å². The number of aromatic nitrogens is 2. The zero-order valence-corrected chi connectivity index (χ0v) is 8.34. The minimum atomic E-state index is -5.21. The number of rotatable bonds is 3. The van der Waals surface area contributed by atoms with Gasteiger partial charge in [0.2, 0.25) is 0 Å². The maximum Gasteiger partial charge on any atom is 0.425 e. The Labute approximate surface area is 87.5 Å². The van der Waals surface area contributed by atoms with E-state index in [0.717, 1.165) is 13.0 Å². The summed E-state index contributed by atoms with van der Waals surface area (Å²) in [5, 5.41) is 11.2. The third kappa shape index (κ3) is 1.63. The van der Waals surface area contributed by atoms with Crippen LogP contribution in [0.15, 0.2) is 6.07 Å². The molecule has 1 aromatic heterocycles. The zero-order chi connectivity index (χ0) is 12.7. The van der Waals surface area contributed by atoms with Crippen molar-refractivity contribution in [3.8, 4) is 0 Å². The Kier molecular flexibility index (Phi) is 2.70. The average molecular weight is 240 g/mol. The van der Waals surface area contributed by atoms with Crippen LogP contribution in [-0.2, 0) is 10.8 Å². The van der Waals surface area contributed by atoms with Crippen molar-refractivity contribution in [3.63, 3.8) is 0 Å². The normalized spacial score (nSPS) is 12.9. The first-order valence-corrected chi connectivity index (χ1v) is 4.13. The second kappa shape index (κ2) is 3.46. The van der Waals surface area contributed by atoms with Crippen LogP contribution in [-0.4, -0.2) is 26.8 Å². The lowest BCUT2D eigenvalue weighted by Crippen LogP contribution is -2.49. The smallest absolute Gasteiger partial charge is 0.425 e. The summed E-state index contributed by atoms with van der Waals surface area (Å²) in [6.07, 6.45) is 0. The van der Waals surface area contributed by atoms with Crippen molar-refractivity contribution in [2.75, 3.05) is 0 Å². The highest BCUT2D eigenvalue weighted by molar-refractivity contribution is 5.76. The predicted octanol–water partition coefficient (Wildman–Crippen LogP) is 1.77. The van der Waals surface area contributed by atoms with Gasteiger partial charge in [0, 0.05) is 5.69 Å². The van der Waals surface area contributed by atoms with Crippen LogP contribution < -0.4 is 0 Å². The molecule has 8 heteroatoms. The standard InChI is InChI=1S/C8H8F4N2O2/c1-4-3-5(2)14(13-4)8(11,12)7(9,10)6(15)16/h3H,1-2H3,(H,15,16). The largest absolute Gasteiger partial charge is 0.477 e. The third-order valence-corrected chi connectivity index (χ3v) is 1.92. The average Bonchev–Trinajstić information content (AvgIpc) is 2.45. The summed E-state index contributed by atoms with van der Waals surface area (Å²) in [5.41, 5.74) is -0.151.